The standard InChI is InChI=1S/C16H17NO4/c18-15(19)13-11-6-7-12(8-11)14(13)17-16(20)21-9-10-4-2-1-3-5-10/h1-7,11-14H,8-9H2,(H,17,20)(H,18,19)/p-1/t11-,12-,13+,14+/m1/s1. The third kappa shape index (κ3) is 2.77. The number of hydrogen-bond donors (Lipinski definition) is 1. The average Bonchev–Trinajstić information content (AvgIpc) is 3.07. The lowest BCUT2D eigenvalue weighted by Gasteiger charge is -2.29. The molecule has 0 radical (unpaired) electrons. The highest BCUT2D eigenvalue weighted by atomic mass is 16.5. The van der Waals surface area contributed by atoms with Gasteiger partial charge in [0.1, 0.15) is 6.61 Å². The van der Waals surface area contributed by atoms with Crippen LogP contribution < -0.4 is 10.4 Å². The normalized spacial score (nSPS) is 29.3. The van der Waals surface area contributed by atoms with E-state index in [4.69, 9.17) is 4.74 Å². The number of rotatable bonds is 4. The molecule has 1 N–H and O–H groups in total. The van der Waals surface area contributed by atoms with Gasteiger partial charge in [0.15, 0.2) is 0 Å². The van der Waals surface area contributed by atoms with Gasteiger partial charge in [0.2, 0.25) is 0 Å². The van der Waals surface area contributed by atoms with E-state index in [9.17, 15) is 14.7 Å². The number of hydrogen-bond acceptors (Lipinski definition) is 4. The molecule has 5 heteroatoms. The Morgan fingerprint density at radius 3 is 2.62 bits per heavy atom. The number of carboxylic acid groups (broad SMARTS) is 1. The highest BCUT2D eigenvalue weighted by Crippen LogP contribution is 2.43. The van der Waals surface area contributed by atoms with Crippen LogP contribution in [0.4, 0.5) is 4.79 Å². The Kier molecular flexibility index (Phi) is 3.64. The second-order valence-corrected chi connectivity index (χ2v) is 5.52. The third-order valence-electron chi connectivity index (χ3n) is 4.23. The van der Waals surface area contributed by atoms with E-state index in [-0.39, 0.29) is 18.4 Å². The fourth-order valence-electron chi connectivity index (χ4n) is 3.24. The van der Waals surface area contributed by atoms with E-state index in [1.54, 1.807) is 0 Å². The van der Waals surface area contributed by atoms with Crippen molar-refractivity contribution in [2.24, 2.45) is 17.8 Å². The van der Waals surface area contributed by atoms with Gasteiger partial charge in [-0.15, -0.1) is 0 Å². The van der Waals surface area contributed by atoms with E-state index < -0.39 is 24.0 Å². The van der Waals surface area contributed by atoms with Gasteiger partial charge in [-0.25, -0.2) is 4.79 Å². The van der Waals surface area contributed by atoms with Crippen molar-refractivity contribution in [1.82, 2.24) is 5.32 Å². The lowest BCUT2D eigenvalue weighted by molar-refractivity contribution is -0.313. The first kappa shape index (κ1) is 13.7. The van der Waals surface area contributed by atoms with Crippen molar-refractivity contribution in [3.63, 3.8) is 0 Å². The maximum atomic E-state index is 11.8. The second kappa shape index (κ2) is 5.60. The zero-order valence-corrected chi connectivity index (χ0v) is 11.4. The number of carbonyl (C=O) groups is 2. The maximum absolute atomic E-state index is 11.8. The Bertz CT molecular complexity index is 569. The van der Waals surface area contributed by atoms with Crippen molar-refractivity contribution >= 4 is 12.1 Å². The first-order valence-electron chi connectivity index (χ1n) is 7.01. The van der Waals surface area contributed by atoms with Crippen LogP contribution in [0.25, 0.3) is 0 Å². The quantitative estimate of drug-likeness (QED) is 0.832. The van der Waals surface area contributed by atoms with E-state index in [0.29, 0.717) is 0 Å². The van der Waals surface area contributed by atoms with Crippen molar-refractivity contribution < 1.29 is 19.4 Å². The molecule has 110 valence electrons. The van der Waals surface area contributed by atoms with Gasteiger partial charge in [-0.3, -0.25) is 0 Å². The van der Waals surface area contributed by atoms with Gasteiger partial charge in [-0.05, 0) is 23.8 Å². The first-order chi connectivity index (χ1) is 10.1. The van der Waals surface area contributed by atoms with Gasteiger partial charge in [-0.1, -0.05) is 42.5 Å². The molecule has 0 unspecified atom stereocenters. The first-order valence-corrected chi connectivity index (χ1v) is 7.01. The lowest BCUT2D eigenvalue weighted by atomic mass is 9.89. The smallest absolute Gasteiger partial charge is 0.407 e. The molecule has 21 heavy (non-hydrogen) atoms. The molecule has 0 aliphatic heterocycles. The number of ether oxygens (including phenoxy) is 1. The molecule has 1 fully saturated rings. The number of allylic oxidation sites excluding steroid dienone is 1. The van der Waals surface area contributed by atoms with Crippen LogP contribution in [-0.4, -0.2) is 18.1 Å². The SMILES string of the molecule is O=C(N[C@@H]1[C@@H](C(=O)[O-])[C@@H]2C=C[C@@H]1C2)OCc1ccccc1. The van der Waals surface area contributed by atoms with Crippen LogP contribution >= 0.6 is 0 Å². The largest absolute Gasteiger partial charge is 0.550 e. The molecule has 2 bridgehead atoms. The molecule has 1 aromatic rings. The molecule has 1 amide bonds. The minimum Gasteiger partial charge on any atom is -0.550 e. The van der Waals surface area contributed by atoms with Gasteiger partial charge in [0.05, 0.1) is 0 Å². The zero-order valence-electron chi connectivity index (χ0n) is 11.4. The molecule has 1 saturated carbocycles. The summed E-state index contributed by atoms with van der Waals surface area (Å²) in [5, 5.41) is 13.9. The number of nitrogens with one attached hydrogen (secondary N) is 1. The molecule has 4 atom stereocenters. The summed E-state index contributed by atoms with van der Waals surface area (Å²) in [5.74, 6) is -1.76. The Labute approximate surface area is 122 Å². The van der Waals surface area contributed by atoms with E-state index in [1.165, 1.54) is 0 Å². The monoisotopic (exact) mass is 286 g/mol. The molecular formula is C16H16NO4-. The Hall–Kier alpha value is -2.30. The number of amides is 1. The summed E-state index contributed by atoms with van der Waals surface area (Å²) in [6, 6.07) is 8.89. The molecular weight excluding hydrogens is 270 g/mol. The van der Waals surface area contributed by atoms with Crippen LogP contribution in [0.2, 0.25) is 0 Å². The molecule has 2 aliphatic carbocycles. The molecule has 0 spiro atoms. The number of benzene rings is 1. The minimum absolute atomic E-state index is 0.0422. The van der Waals surface area contributed by atoms with E-state index in [1.807, 2.05) is 42.5 Å². The van der Waals surface area contributed by atoms with Crippen LogP contribution in [0.5, 0.6) is 0 Å². The second-order valence-electron chi connectivity index (χ2n) is 5.52. The van der Waals surface area contributed by atoms with Gasteiger partial charge in [-0.2, -0.15) is 0 Å². The van der Waals surface area contributed by atoms with E-state index in [0.717, 1.165) is 12.0 Å². The molecule has 3 rings (SSSR count). The lowest BCUT2D eigenvalue weighted by Crippen LogP contribution is -2.49. The fraction of sp³-hybridized carbons (Fsp3) is 0.375. The third-order valence-corrected chi connectivity index (χ3v) is 4.23. The van der Waals surface area contributed by atoms with Crippen molar-refractivity contribution in [3.8, 4) is 0 Å². The van der Waals surface area contributed by atoms with Gasteiger partial charge in [0.25, 0.3) is 0 Å². The number of fused-ring (bicyclic) bond motifs is 2. The summed E-state index contributed by atoms with van der Waals surface area (Å²) in [6.45, 7) is 0.166. The predicted octanol–water partition coefficient (Wildman–Crippen LogP) is 0.853. The van der Waals surface area contributed by atoms with Crippen molar-refractivity contribution in [3.05, 3.63) is 48.0 Å². The molecule has 5 nitrogen and oxygen atoms in total. The van der Waals surface area contributed by atoms with E-state index in [2.05, 4.69) is 5.32 Å². The number of alkyl carbamates (subject to hydrolysis) is 1. The Morgan fingerprint density at radius 2 is 1.90 bits per heavy atom. The van der Waals surface area contributed by atoms with Gasteiger partial charge >= 0.3 is 6.09 Å². The summed E-state index contributed by atoms with van der Waals surface area (Å²) in [4.78, 5) is 23.1. The van der Waals surface area contributed by atoms with Crippen LogP contribution in [-0.2, 0) is 16.1 Å². The molecule has 1 aromatic carbocycles. The highest BCUT2D eigenvalue weighted by Gasteiger charge is 2.46. The average molecular weight is 286 g/mol. The Balaban J connectivity index is 1.57. The molecule has 0 saturated heterocycles. The highest BCUT2D eigenvalue weighted by molar-refractivity contribution is 5.74. The van der Waals surface area contributed by atoms with Crippen molar-refractivity contribution in [2.45, 2.75) is 19.1 Å². The van der Waals surface area contributed by atoms with E-state index >= 15 is 0 Å². The number of carbonyl (C=O) groups excluding carboxylic acids is 2. The number of aliphatic carboxylic acids is 1. The topological polar surface area (TPSA) is 78.5 Å². The summed E-state index contributed by atoms with van der Waals surface area (Å²) < 4.78 is 5.14. The van der Waals surface area contributed by atoms with Crippen LogP contribution in [0.1, 0.15) is 12.0 Å². The summed E-state index contributed by atoms with van der Waals surface area (Å²) >= 11 is 0. The van der Waals surface area contributed by atoms with Crippen molar-refractivity contribution in [1.29, 1.82) is 0 Å². The van der Waals surface area contributed by atoms with Gasteiger partial charge < -0.3 is 20.0 Å². The Morgan fingerprint density at radius 1 is 1.19 bits per heavy atom. The minimum atomic E-state index is -1.11. The predicted molar refractivity (Wildman–Crippen MR) is 72.8 cm³/mol. The van der Waals surface area contributed by atoms with Gasteiger partial charge in [0, 0.05) is 17.9 Å². The number of carboxylic acids is 1. The molecule has 2 aliphatic rings. The summed E-state index contributed by atoms with van der Waals surface area (Å²) in [5.41, 5.74) is 0.886. The fourth-order valence-corrected chi connectivity index (χ4v) is 3.24. The summed E-state index contributed by atoms with van der Waals surface area (Å²) in [6.07, 6.45) is 4.03. The van der Waals surface area contributed by atoms with Crippen LogP contribution in [0, 0.1) is 17.8 Å². The van der Waals surface area contributed by atoms with Crippen LogP contribution in [0.15, 0.2) is 42.5 Å². The van der Waals surface area contributed by atoms with Crippen molar-refractivity contribution in [2.75, 3.05) is 0 Å². The summed E-state index contributed by atoms with van der Waals surface area (Å²) in [7, 11) is 0. The molecule has 0 heterocycles. The van der Waals surface area contributed by atoms with Crippen LogP contribution in [0.3, 0.4) is 0 Å². The maximum Gasteiger partial charge on any atom is 0.407 e. The molecule has 0 aromatic heterocycles. The zero-order chi connectivity index (χ0) is 14.8.